The largest absolute Gasteiger partial charge is 0.446 e. The van der Waals surface area contributed by atoms with Crippen LogP contribution in [0.3, 0.4) is 0 Å². The number of nitrogens with zero attached hydrogens (tertiary/aromatic N) is 2. The van der Waals surface area contributed by atoms with E-state index in [1.807, 2.05) is 13.0 Å². The Morgan fingerprint density at radius 3 is 2.00 bits per heavy atom. The molecule has 0 saturated heterocycles. The summed E-state index contributed by atoms with van der Waals surface area (Å²) in [5, 5.41) is 0. The van der Waals surface area contributed by atoms with Gasteiger partial charge in [-0.15, -0.1) is 0 Å². The van der Waals surface area contributed by atoms with Crippen LogP contribution in [0.25, 0.3) is 0 Å². The van der Waals surface area contributed by atoms with E-state index in [9.17, 15) is 8.42 Å². The number of nitrogens with one attached hydrogen (secondary N) is 1. The van der Waals surface area contributed by atoms with Crippen molar-refractivity contribution < 1.29 is 17.9 Å². The Hall–Kier alpha value is -2.87. The first kappa shape index (κ1) is 24.4. The zero-order valence-corrected chi connectivity index (χ0v) is 19.2. The molecule has 2 aromatic rings. The van der Waals surface area contributed by atoms with E-state index in [1.54, 1.807) is 24.3 Å². The fraction of sp³-hybridized carbons (Fsp3) is 0.391. The third-order valence-electron chi connectivity index (χ3n) is 4.24. The molecule has 0 aliphatic rings. The lowest BCUT2D eigenvalue weighted by Crippen LogP contribution is -2.13. The highest BCUT2D eigenvalue weighted by Gasteiger charge is 2.17. The van der Waals surface area contributed by atoms with Crippen LogP contribution in [0.2, 0.25) is 0 Å². The number of hydrogen-bond donors (Lipinski definition) is 1. The summed E-state index contributed by atoms with van der Waals surface area (Å²) in [6.45, 7) is 7.36. The van der Waals surface area contributed by atoms with Gasteiger partial charge in [-0.2, -0.15) is 0 Å². The lowest BCUT2D eigenvalue weighted by molar-refractivity contribution is 0.538. The first-order chi connectivity index (χ1) is 14.9. The Labute approximate surface area is 185 Å². The molecule has 0 unspecified atom stereocenters. The molecule has 7 nitrogen and oxygen atoms in total. The molecule has 0 atom stereocenters. The summed E-state index contributed by atoms with van der Waals surface area (Å²) in [4.78, 5) is 8.36. The number of anilines is 1. The van der Waals surface area contributed by atoms with Gasteiger partial charge >= 0.3 is 0 Å². The molecule has 0 fully saturated rings. The van der Waals surface area contributed by atoms with Crippen LogP contribution >= 0.6 is 0 Å². The van der Waals surface area contributed by atoms with E-state index in [0.29, 0.717) is 30.3 Å². The molecule has 168 valence electrons. The Morgan fingerprint density at radius 1 is 0.903 bits per heavy atom. The average Bonchev–Trinajstić information content (AvgIpc) is 2.73. The third kappa shape index (κ3) is 8.80. The zero-order chi connectivity index (χ0) is 22.5. The standard InChI is InChI=1S/C23H31N3O4S/c1-4-6-11-24-17-29-21-14-22(30-18-25-12-7-5-2)16-23(15-21)31(27,28)26-20-10-8-9-19(3)13-20/h8-10,13-18,26H,4-7,11-12H2,1-3H3. The van der Waals surface area contributed by atoms with E-state index in [1.165, 1.54) is 24.9 Å². The number of benzene rings is 2. The Balaban J connectivity index is 2.25. The highest BCUT2D eigenvalue weighted by atomic mass is 32.2. The van der Waals surface area contributed by atoms with Crippen molar-refractivity contribution >= 4 is 28.5 Å². The number of ether oxygens (including phenoxy) is 2. The average molecular weight is 446 g/mol. The number of unbranched alkanes of at least 4 members (excludes halogenated alkanes) is 2. The second-order valence-corrected chi connectivity index (χ2v) is 8.76. The van der Waals surface area contributed by atoms with Gasteiger partial charge in [-0.3, -0.25) is 14.7 Å². The molecular formula is C23H31N3O4S. The lowest BCUT2D eigenvalue weighted by atomic mass is 10.2. The fourth-order valence-electron chi connectivity index (χ4n) is 2.56. The molecule has 0 aliphatic carbocycles. The molecule has 0 saturated carbocycles. The van der Waals surface area contributed by atoms with E-state index >= 15 is 0 Å². The van der Waals surface area contributed by atoms with E-state index in [4.69, 9.17) is 9.47 Å². The second kappa shape index (κ2) is 12.7. The Bertz CT molecular complexity index is 950. The van der Waals surface area contributed by atoms with E-state index < -0.39 is 10.0 Å². The van der Waals surface area contributed by atoms with Crippen molar-refractivity contribution in [1.82, 2.24) is 0 Å². The number of hydrogen-bond acceptors (Lipinski definition) is 6. The van der Waals surface area contributed by atoms with Crippen molar-refractivity contribution in [2.45, 2.75) is 51.3 Å². The topological polar surface area (TPSA) is 89.3 Å². The van der Waals surface area contributed by atoms with Crippen molar-refractivity contribution in [1.29, 1.82) is 0 Å². The smallest absolute Gasteiger partial charge is 0.262 e. The highest BCUT2D eigenvalue weighted by Crippen LogP contribution is 2.27. The van der Waals surface area contributed by atoms with Gasteiger partial charge in [0.1, 0.15) is 11.5 Å². The van der Waals surface area contributed by atoms with E-state index in [-0.39, 0.29) is 4.90 Å². The third-order valence-corrected chi connectivity index (χ3v) is 5.60. The quantitative estimate of drug-likeness (QED) is 0.260. The van der Waals surface area contributed by atoms with Gasteiger partial charge in [-0.05, 0) is 37.5 Å². The number of rotatable bonds is 13. The van der Waals surface area contributed by atoms with Crippen molar-refractivity contribution in [3.05, 3.63) is 48.0 Å². The highest BCUT2D eigenvalue weighted by molar-refractivity contribution is 7.92. The van der Waals surface area contributed by atoms with Gasteiger partial charge in [0, 0.05) is 37.0 Å². The van der Waals surface area contributed by atoms with Gasteiger partial charge in [0.25, 0.3) is 10.0 Å². The Kier molecular flexibility index (Phi) is 10.0. The number of aliphatic imine (C=N–C) groups is 2. The molecular weight excluding hydrogens is 414 g/mol. The summed E-state index contributed by atoms with van der Waals surface area (Å²) in [6, 6.07) is 11.6. The van der Waals surface area contributed by atoms with Crippen molar-refractivity contribution in [3.8, 4) is 11.5 Å². The predicted octanol–water partition coefficient (Wildman–Crippen LogP) is 5.21. The molecule has 2 rings (SSSR count). The van der Waals surface area contributed by atoms with Gasteiger partial charge in [-0.1, -0.05) is 38.8 Å². The van der Waals surface area contributed by atoms with Crippen LogP contribution in [0.1, 0.15) is 45.1 Å². The molecule has 0 heterocycles. The Morgan fingerprint density at radius 2 is 1.48 bits per heavy atom. The minimum absolute atomic E-state index is 0.0189. The molecule has 0 amide bonds. The summed E-state index contributed by atoms with van der Waals surface area (Å²) in [5.41, 5.74) is 1.43. The zero-order valence-electron chi connectivity index (χ0n) is 18.4. The van der Waals surface area contributed by atoms with Crippen molar-refractivity contribution in [2.75, 3.05) is 17.8 Å². The molecule has 0 radical (unpaired) electrons. The molecule has 0 aliphatic heterocycles. The van der Waals surface area contributed by atoms with Crippen LogP contribution in [-0.4, -0.2) is 34.3 Å². The SMILES string of the molecule is CCCCN=COc1cc(OC=NCCCC)cc(S(=O)(=O)Nc2cccc(C)c2)c1. The van der Waals surface area contributed by atoms with Gasteiger partial charge in [0.05, 0.1) is 4.90 Å². The van der Waals surface area contributed by atoms with Crippen LogP contribution in [0.15, 0.2) is 57.3 Å². The summed E-state index contributed by atoms with van der Waals surface area (Å²) in [5.74, 6) is 0.619. The van der Waals surface area contributed by atoms with Crippen LogP contribution < -0.4 is 14.2 Å². The molecule has 2 aromatic carbocycles. The maximum absolute atomic E-state index is 13.0. The van der Waals surface area contributed by atoms with Gasteiger partial charge in [-0.25, -0.2) is 8.42 Å². The number of sulfonamides is 1. The summed E-state index contributed by atoms with van der Waals surface area (Å²) >= 11 is 0. The molecule has 0 aromatic heterocycles. The van der Waals surface area contributed by atoms with Gasteiger partial charge in [0.2, 0.25) is 0 Å². The van der Waals surface area contributed by atoms with Crippen LogP contribution in [0.5, 0.6) is 11.5 Å². The molecule has 8 heteroatoms. The summed E-state index contributed by atoms with van der Waals surface area (Å²) < 4.78 is 39.6. The monoisotopic (exact) mass is 445 g/mol. The minimum Gasteiger partial charge on any atom is -0.446 e. The summed E-state index contributed by atoms with van der Waals surface area (Å²) in [6.07, 6.45) is 6.63. The van der Waals surface area contributed by atoms with Gasteiger partial charge < -0.3 is 9.47 Å². The first-order valence-corrected chi connectivity index (χ1v) is 12.0. The first-order valence-electron chi connectivity index (χ1n) is 10.5. The van der Waals surface area contributed by atoms with Crippen LogP contribution in [-0.2, 0) is 10.0 Å². The molecule has 1 N–H and O–H groups in total. The van der Waals surface area contributed by atoms with Crippen molar-refractivity contribution in [2.24, 2.45) is 9.98 Å². The maximum atomic E-state index is 13.0. The van der Waals surface area contributed by atoms with E-state index in [2.05, 4.69) is 28.6 Å². The van der Waals surface area contributed by atoms with E-state index in [0.717, 1.165) is 31.2 Å². The van der Waals surface area contributed by atoms with Crippen LogP contribution in [0, 0.1) is 6.92 Å². The van der Waals surface area contributed by atoms with Crippen molar-refractivity contribution in [3.63, 3.8) is 0 Å². The van der Waals surface area contributed by atoms with Crippen LogP contribution in [0.4, 0.5) is 5.69 Å². The normalized spacial score (nSPS) is 11.8. The maximum Gasteiger partial charge on any atom is 0.262 e. The minimum atomic E-state index is -3.85. The van der Waals surface area contributed by atoms with Gasteiger partial charge in [0.15, 0.2) is 12.8 Å². The molecule has 0 bridgehead atoms. The predicted molar refractivity (Wildman–Crippen MR) is 126 cm³/mol. The lowest BCUT2D eigenvalue weighted by Gasteiger charge is -2.11. The second-order valence-electron chi connectivity index (χ2n) is 7.08. The number of aryl methyl sites for hydroxylation is 1. The fourth-order valence-corrected chi connectivity index (χ4v) is 3.66. The molecule has 0 spiro atoms. The molecule has 31 heavy (non-hydrogen) atoms. The summed E-state index contributed by atoms with van der Waals surface area (Å²) in [7, 11) is -3.85.